The fraction of sp³-hybridized carbons (Fsp3) is 0.750. The molecular weight excluding hydrogens is 202 g/mol. The second-order valence-electron chi connectivity index (χ2n) is 4.53. The Labute approximate surface area is 97.0 Å². The molecule has 0 aromatic carbocycles. The van der Waals surface area contributed by atoms with Crippen LogP contribution in [0.3, 0.4) is 0 Å². The minimum absolute atomic E-state index is 0.482. The van der Waals surface area contributed by atoms with Gasteiger partial charge in [-0.2, -0.15) is 5.10 Å². The highest BCUT2D eigenvalue weighted by molar-refractivity contribution is 5.08. The molecule has 1 saturated carbocycles. The van der Waals surface area contributed by atoms with Crippen molar-refractivity contribution < 1.29 is 4.74 Å². The Morgan fingerprint density at radius 1 is 1.56 bits per heavy atom. The Balaban J connectivity index is 1.71. The lowest BCUT2D eigenvalue weighted by Crippen LogP contribution is -2.45. The number of nitrogens with zero attached hydrogens (tertiary/aromatic N) is 2. The summed E-state index contributed by atoms with van der Waals surface area (Å²) in [6, 6.07) is 2.75. The standard InChI is InChI=1S/C12H21N3O/c1-4-16-12-6-10(7-12)13-8-11-5-9(2)14-15(11)3/h5,10,12-13H,4,6-8H2,1-3H3. The molecule has 0 unspecified atom stereocenters. The van der Waals surface area contributed by atoms with Crippen LogP contribution in [0.2, 0.25) is 0 Å². The third kappa shape index (κ3) is 2.62. The molecule has 1 aliphatic rings. The van der Waals surface area contributed by atoms with Gasteiger partial charge >= 0.3 is 0 Å². The summed E-state index contributed by atoms with van der Waals surface area (Å²) in [5, 5.41) is 7.87. The average molecular weight is 223 g/mol. The molecule has 0 aliphatic heterocycles. The normalized spacial score (nSPS) is 24.4. The lowest BCUT2D eigenvalue weighted by Gasteiger charge is -2.35. The average Bonchev–Trinajstić information content (AvgIpc) is 2.49. The highest BCUT2D eigenvalue weighted by Gasteiger charge is 2.28. The zero-order chi connectivity index (χ0) is 11.5. The largest absolute Gasteiger partial charge is 0.378 e. The number of ether oxygens (including phenoxy) is 1. The lowest BCUT2D eigenvalue weighted by atomic mass is 9.89. The van der Waals surface area contributed by atoms with Crippen LogP contribution in [-0.4, -0.2) is 28.5 Å². The smallest absolute Gasteiger partial charge is 0.0604 e. The molecule has 1 aromatic heterocycles. The molecule has 1 N–H and O–H groups in total. The number of rotatable bonds is 5. The molecule has 2 rings (SSSR count). The molecule has 1 fully saturated rings. The van der Waals surface area contributed by atoms with E-state index in [2.05, 4.69) is 23.4 Å². The molecule has 16 heavy (non-hydrogen) atoms. The van der Waals surface area contributed by atoms with Crippen LogP contribution in [0.4, 0.5) is 0 Å². The van der Waals surface area contributed by atoms with Crippen LogP contribution in [0.25, 0.3) is 0 Å². The number of hydrogen-bond acceptors (Lipinski definition) is 3. The minimum atomic E-state index is 0.482. The number of aryl methyl sites for hydroxylation is 2. The van der Waals surface area contributed by atoms with Gasteiger partial charge in [0.25, 0.3) is 0 Å². The van der Waals surface area contributed by atoms with E-state index < -0.39 is 0 Å². The van der Waals surface area contributed by atoms with Crippen molar-refractivity contribution in [2.24, 2.45) is 7.05 Å². The van der Waals surface area contributed by atoms with Crippen molar-refractivity contribution in [2.75, 3.05) is 6.61 Å². The van der Waals surface area contributed by atoms with Crippen LogP contribution in [-0.2, 0) is 18.3 Å². The van der Waals surface area contributed by atoms with E-state index in [-0.39, 0.29) is 0 Å². The van der Waals surface area contributed by atoms with E-state index in [1.54, 1.807) is 0 Å². The van der Waals surface area contributed by atoms with Crippen molar-refractivity contribution in [3.05, 3.63) is 17.5 Å². The summed E-state index contributed by atoms with van der Waals surface area (Å²) in [7, 11) is 1.99. The van der Waals surface area contributed by atoms with Gasteiger partial charge in [-0.25, -0.2) is 0 Å². The topological polar surface area (TPSA) is 39.1 Å². The summed E-state index contributed by atoms with van der Waals surface area (Å²) < 4.78 is 7.48. The Hall–Kier alpha value is -0.870. The Kier molecular flexibility index (Phi) is 3.61. The number of nitrogens with one attached hydrogen (secondary N) is 1. The molecule has 1 aromatic rings. The van der Waals surface area contributed by atoms with Crippen LogP contribution in [0.1, 0.15) is 31.2 Å². The number of aromatic nitrogens is 2. The van der Waals surface area contributed by atoms with E-state index >= 15 is 0 Å². The summed E-state index contributed by atoms with van der Waals surface area (Å²) in [6.07, 6.45) is 2.77. The van der Waals surface area contributed by atoms with Crippen LogP contribution >= 0.6 is 0 Å². The Morgan fingerprint density at radius 3 is 2.88 bits per heavy atom. The molecule has 0 amide bonds. The molecule has 0 radical (unpaired) electrons. The van der Waals surface area contributed by atoms with Crippen molar-refractivity contribution in [1.29, 1.82) is 0 Å². The fourth-order valence-electron chi connectivity index (χ4n) is 2.18. The zero-order valence-corrected chi connectivity index (χ0v) is 10.4. The van der Waals surface area contributed by atoms with Crippen LogP contribution in [0.15, 0.2) is 6.07 Å². The highest BCUT2D eigenvalue weighted by Crippen LogP contribution is 2.23. The van der Waals surface area contributed by atoms with Crippen molar-refractivity contribution in [3.63, 3.8) is 0 Å². The van der Waals surface area contributed by atoms with Crippen molar-refractivity contribution in [1.82, 2.24) is 15.1 Å². The Morgan fingerprint density at radius 2 is 2.31 bits per heavy atom. The molecular formula is C12H21N3O. The van der Waals surface area contributed by atoms with E-state index in [0.29, 0.717) is 12.1 Å². The van der Waals surface area contributed by atoms with E-state index in [4.69, 9.17) is 4.74 Å². The first-order valence-electron chi connectivity index (χ1n) is 6.03. The van der Waals surface area contributed by atoms with Gasteiger partial charge in [0.2, 0.25) is 0 Å². The van der Waals surface area contributed by atoms with Gasteiger partial charge in [0, 0.05) is 26.2 Å². The molecule has 1 heterocycles. The molecule has 0 atom stereocenters. The molecule has 4 nitrogen and oxygen atoms in total. The minimum Gasteiger partial charge on any atom is -0.378 e. The van der Waals surface area contributed by atoms with Gasteiger partial charge in [-0.05, 0) is 32.8 Å². The van der Waals surface area contributed by atoms with Gasteiger partial charge in [0.05, 0.1) is 17.5 Å². The lowest BCUT2D eigenvalue weighted by molar-refractivity contribution is -0.0103. The molecule has 0 bridgehead atoms. The third-order valence-electron chi connectivity index (χ3n) is 3.17. The zero-order valence-electron chi connectivity index (χ0n) is 10.4. The summed E-state index contributed by atoms with van der Waals surface area (Å²) in [5.41, 5.74) is 2.33. The maximum atomic E-state index is 5.53. The van der Waals surface area contributed by atoms with Crippen molar-refractivity contribution >= 4 is 0 Å². The highest BCUT2D eigenvalue weighted by atomic mass is 16.5. The first-order chi connectivity index (χ1) is 7.69. The first-order valence-corrected chi connectivity index (χ1v) is 6.03. The van der Waals surface area contributed by atoms with Gasteiger partial charge in [-0.1, -0.05) is 0 Å². The summed E-state index contributed by atoms with van der Waals surface area (Å²) in [4.78, 5) is 0. The van der Waals surface area contributed by atoms with E-state index in [1.165, 1.54) is 5.69 Å². The predicted octanol–water partition coefficient (Wildman–Crippen LogP) is 1.39. The van der Waals surface area contributed by atoms with Crippen LogP contribution in [0, 0.1) is 6.92 Å². The van der Waals surface area contributed by atoms with Gasteiger partial charge in [0.1, 0.15) is 0 Å². The maximum absolute atomic E-state index is 5.53. The second-order valence-corrected chi connectivity index (χ2v) is 4.53. The quantitative estimate of drug-likeness (QED) is 0.820. The SMILES string of the molecule is CCOC1CC(NCc2cc(C)nn2C)C1. The van der Waals surface area contributed by atoms with E-state index in [0.717, 1.165) is 31.7 Å². The van der Waals surface area contributed by atoms with E-state index in [9.17, 15) is 0 Å². The fourth-order valence-corrected chi connectivity index (χ4v) is 2.18. The van der Waals surface area contributed by atoms with Gasteiger partial charge in [-0.15, -0.1) is 0 Å². The molecule has 1 aliphatic carbocycles. The summed E-state index contributed by atoms with van der Waals surface area (Å²) >= 11 is 0. The predicted molar refractivity (Wildman–Crippen MR) is 63.2 cm³/mol. The summed E-state index contributed by atoms with van der Waals surface area (Å²) in [6.45, 7) is 5.82. The maximum Gasteiger partial charge on any atom is 0.0604 e. The van der Waals surface area contributed by atoms with Crippen molar-refractivity contribution in [2.45, 2.75) is 45.4 Å². The molecule has 0 saturated heterocycles. The molecule has 90 valence electrons. The molecule has 0 spiro atoms. The van der Waals surface area contributed by atoms with Crippen molar-refractivity contribution in [3.8, 4) is 0 Å². The number of hydrogen-bond donors (Lipinski definition) is 1. The van der Waals surface area contributed by atoms with E-state index in [1.807, 2.05) is 18.7 Å². The molecule has 4 heteroatoms. The first kappa shape index (κ1) is 11.6. The van der Waals surface area contributed by atoms with Gasteiger partial charge < -0.3 is 10.1 Å². The monoisotopic (exact) mass is 223 g/mol. The third-order valence-corrected chi connectivity index (χ3v) is 3.17. The van der Waals surface area contributed by atoms with Gasteiger partial charge in [0.15, 0.2) is 0 Å². The Bertz CT molecular complexity index is 342. The second kappa shape index (κ2) is 4.97. The summed E-state index contributed by atoms with van der Waals surface area (Å²) in [5.74, 6) is 0. The van der Waals surface area contributed by atoms with Gasteiger partial charge in [-0.3, -0.25) is 4.68 Å². The van der Waals surface area contributed by atoms with Crippen LogP contribution in [0.5, 0.6) is 0 Å². The van der Waals surface area contributed by atoms with Crippen LogP contribution < -0.4 is 5.32 Å².